The van der Waals surface area contributed by atoms with Gasteiger partial charge in [-0.2, -0.15) is 4.98 Å². The molecule has 0 amide bonds. The van der Waals surface area contributed by atoms with Gasteiger partial charge in [-0.15, -0.1) is 0 Å². The quantitative estimate of drug-likeness (QED) is 0.318. The van der Waals surface area contributed by atoms with Crippen LogP contribution in [0.1, 0.15) is 46.6 Å². The van der Waals surface area contributed by atoms with Gasteiger partial charge in [0.25, 0.3) is 5.56 Å². The molecule has 0 N–H and O–H groups in total. The summed E-state index contributed by atoms with van der Waals surface area (Å²) < 4.78 is 12.9. The highest BCUT2D eigenvalue weighted by molar-refractivity contribution is 6.30. The summed E-state index contributed by atoms with van der Waals surface area (Å²) in [6.45, 7) is 3.33. The van der Waals surface area contributed by atoms with Gasteiger partial charge in [-0.25, -0.2) is 4.79 Å². The van der Waals surface area contributed by atoms with Gasteiger partial charge >= 0.3 is 5.63 Å². The predicted octanol–water partition coefficient (Wildman–Crippen LogP) is 4.84. The minimum absolute atomic E-state index is 0.155. The molecule has 33 heavy (non-hydrogen) atoms. The monoisotopic (exact) mass is 462 g/mol. The van der Waals surface area contributed by atoms with Gasteiger partial charge in [0.2, 0.25) is 5.88 Å². The summed E-state index contributed by atoms with van der Waals surface area (Å²) in [6.07, 6.45) is 0.456. The molecule has 2 aromatic carbocycles. The molecular weight excluding hydrogens is 444 g/mol. The number of nitrogens with zero attached hydrogens (tertiary/aromatic N) is 2. The molecule has 0 spiro atoms. The van der Waals surface area contributed by atoms with E-state index in [0.717, 1.165) is 0 Å². The predicted molar refractivity (Wildman–Crippen MR) is 124 cm³/mol. The number of ketones is 1. The molecule has 1 aliphatic heterocycles. The first-order valence-corrected chi connectivity index (χ1v) is 10.9. The smallest absolute Gasteiger partial charge is 0.343 e. The molecule has 0 radical (unpaired) electrons. The van der Waals surface area contributed by atoms with Gasteiger partial charge in [0.05, 0.1) is 23.1 Å². The Bertz CT molecular complexity index is 1540. The Morgan fingerprint density at radius 2 is 1.82 bits per heavy atom. The van der Waals surface area contributed by atoms with Crippen LogP contribution in [0.25, 0.3) is 11.0 Å². The van der Waals surface area contributed by atoms with Crippen LogP contribution in [0, 0.1) is 6.92 Å². The largest absolute Gasteiger partial charge is 0.437 e. The summed E-state index contributed by atoms with van der Waals surface area (Å²) in [4.78, 5) is 43.7. The number of ether oxygens (including phenoxy) is 1. The van der Waals surface area contributed by atoms with E-state index < -0.39 is 17.1 Å². The third-order valence-corrected chi connectivity index (χ3v) is 6.18. The van der Waals surface area contributed by atoms with Crippen molar-refractivity contribution in [3.8, 4) is 11.6 Å². The first kappa shape index (κ1) is 21.2. The maximum Gasteiger partial charge on any atom is 0.343 e. The Balaban J connectivity index is 1.64. The number of benzene rings is 2. The highest BCUT2D eigenvalue weighted by Gasteiger charge is 2.36. The van der Waals surface area contributed by atoms with E-state index in [9.17, 15) is 14.4 Å². The van der Waals surface area contributed by atoms with Crippen molar-refractivity contribution in [1.29, 1.82) is 0 Å². The summed E-state index contributed by atoms with van der Waals surface area (Å²) in [5.74, 6) is 0.0355. The number of aromatic nitrogens is 2. The fourth-order valence-corrected chi connectivity index (χ4v) is 4.41. The third-order valence-electron chi connectivity index (χ3n) is 5.93. The lowest BCUT2D eigenvalue weighted by molar-refractivity contribution is 0.0969. The number of aryl methyl sites for hydroxylation is 1. The second kappa shape index (κ2) is 8.01. The van der Waals surface area contributed by atoms with E-state index in [0.29, 0.717) is 45.1 Å². The summed E-state index contributed by atoms with van der Waals surface area (Å²) in [5, 5.41) is 1.15. The Hall–Kier alpha value is -3.71. The van der Waals surface area contributed by atoms with Crippen molar-refractivity contribution >= 4 is 28.4 Å². The van der Waals surface area contributed by atoms with E-state index in [4.69, 9.17) is 20.8 Å². The van der Waals surface area contributed by atoms with Crippen LogP contribution >= 0.6 is 11.6 Å². The van der Waals surface area contributed by atoms with Gasteiger partial charge in [-0.1, -0.05) is 30.7 Å². The van der Waals surface area contributed by atoms with Crippen LogP contribution in [0.5, 0.6) is 11.6 Å². The van der Waals surface area contributed by atoms with Crippen LogP contribution in [0.15, 0.2) is 62.5 Å². The second-order valence-corrected chi connectivity index (χ2v) is 8.33. The Labute approximate surface area is 193 Å². The molecule has 1 aliphatic rings. The van der Waals surface area contributed by atoms with Crippen LogP contribution in [0.4, 0.5) is 0 Å². The Morgan fingerprint density at radius 1 is 1.09 bits per heavy atom. The molecular formula is C25H19ClN2O5. The maximum atomic E-state index is 13.5. The van der Waals surface area contributed by atoms with E-state index in [-0.39, 0.29) is 23.8 Å². The Morgan fingerprint density at radius 3 is 2.55 bits per heavy atom. The zero-order valence-electron chi connectivity index (χ0n) is 17.9. The van der Waals surface area contributed by atoms with E-state index in [1.54, 1.807) is 49.4 Å². The number of hydrogen-bond donors (Lipinski definition) is 0. The number of carbonyl (C=O) groups is 1. The van der Waals surface area contributed by atoms with Gasteiger partial charge < -0.3 is 9.15 Å². The molecule has 0 aliphatic carbocycles. The van der Waals surface area contributed by atoms with Crippen LogP contribution < -0.4 is 15.9 Å². The molecule has 2 aromatic heterocycles. The maximum absolute atomic E-state index is 13.5. The first-order valence-electron chi connectivity index (χ1n) is 10.5. The minimum Gasteiger partial charge on any atom is -0.437 e. The number of carbonyl (C=O) groups excluding carboxylic acids is 1. The molecule has 0 saturated heterocycles. The first-order chi connectivity index (χ1) is 15.9. The van der Waals surface area contributed by atoms with Gasteiger partial charge in [0.15, 0.2) is 11.5 Å². The molecule has 0 unspecified atom stereocenters. The van der Waals surface area contributed by atoms with Gasteiger partial charge in [-0.3, -0.25) is 14.2 Å². The molecule has 1 atom stereocenters. The lowest BCUT2D eigenvalue weighted by Crippen LogP contribution is -2.34. The van der Waals surface area contributed by atoms with Gasteiger partial charge in [0, 0.05) is 16.5 Å². The number of fused-ring (bicyclic) bond motifs is 4. The summed E-state index contributed by atoms with van der Waals surface area (Å²) in [6, 6.07) is 13.5. The normalized spacial score (nSPS) is 14.5. The average molecular weight is 463 g/mol. The molecule has 3 heterocycles. The van der Waals surface area contributed by atoms with E-state index in [1.807, 2.05) is 13.0 Å². The van der Waals surface area contributed by atoms with E-state index in [2.05, 4.69) is 4.98 Å². The van der Waals surface area contributed by atoms with E-state index >= 15 is 0 Å². The van der Waals surface area contributed by atoms with Crippen LogP contribution in [0.2, 0.25) is 5.02 Å². The standard InChI is InChI=1S/C25H19ClN2O5/c1-3-16-20-22(17-6-4-5-7-19(17)32-25(20)31)33-23-21(16)24(30)28(13(2)27-23)12-18(29)14-8-10-15(26)11-9-14/h4-11,16H,3,12H2,1-2H3/t16-/m1/s1. The van der Waals surface area contributed by atoms with Crippen molar-refractivity contribution in [2.75, 3.05) is 0 Å². The fourth-order valence-electron chi connectivity index (χ4n) is 4.28. The van der Waals surface area contributed by atoms with Crippen LogP contribution in [0.3, 0.4) is 0 Å². The third kappa shape index (κ3) is 3.45. The lowest BCUT2D eigenvalue weighted by atomic mass is 9.88. The minimum atomic E-state index is -0.568. The molecule has 0 fully saturated rings. The van der Waals surface area contributed by atoms with Crippen molar-refractivity contribution in [2.45, 2.75) is 32.7 Å². The van der Waals surface area contributed by atoms with Crippen LogP contribution in [-0.4, -0.2) is 15.3 Å². The lowest BCUT2D eigenvalue weighted by Gasteiger charge is -2.26. The van der Waals surface area contributed by atoms with Gasteiger partial charge in [-0.05, 0) is 49.7 Å². The fraction of sp³-hybridized carbons (Fsp3) is 0.200. The van der Waals surface area contributed by atoms with Crippen molar-refractivity contribution in [3.05, 3.63) is 96.8 Å². The van der Waals surface area contributed by atoms with Crippen LogP contribution in [-0.2, 0) is 6.54 Å². The summed E-state index contributed by atoms with van der Waals surface area (Å²) in [5.41, 5.74) is 0.418. The molecule has 166 valence electrons. The summed E-state index contributed by atoms with van der Waals surface area (Å²) >= 11 is 5.91. The zero-order chi connectivity index (χ0) is 23.3. The molecule has 7 nitrogen and oxygen atoms in total. The summed E-state index contributed by atoms with van der Waals surface area (Å²) in [7, 11) is 0. The van der Waals surface area contributed by atoms with Gasteiger partial charge in [0.1, 0.15) is 11.4 Å². The second-order valence-electron chi connectivity index (χ2n) is 7.89. The molecule has 8 heteroatoms. The van der Waals surface area contributed by atoms with Crippen molar-refractivity contribution in [1.82, 2.24) is 9.55 Å². The number of para-hydroxylation sites is 1. The van der Waals surface area contributed by atoms with Crippen molar-refractivity contribution in [2.24, 2.45) is 0 Å². The molecule has 5 rings (SSSR count). The number of Topliss-reactive ketones (excluding diaryl/α,β-unsaturated/α-hetero) is 1. The van der Waals surface area contributed by atoms with Crippen molar-refractivity contribution < 1.29 is 13.9 Å². The number of halogens is 1. The SMILES string of the molecule is CC[C@@H]1c2c(c3ccccc3oc2=O)Oc2nc(C)n(CC(=O)c3ccc(Cl)cc3)c(=O)c21. The highest BCUT2D eigenvalue weighted by Crippen LogP contribution is 2.44. The van der Waals surface area contributed by atoms with E-state index in [1.165, 1.54) is 4.57 Å². The number of hydrogen-bond acceptors (Lipinski definition) is 6. The molecule has 0 saturated carbocycles. The van der Waals surface area contributed by atoms with Crippen molar-refractivity contribution in [3.63, 3.8) is 0 Å². The zero-order valence-corrected chi connectivity index (χ0v) is 18.7. The average Bonchev–Trinajstić information content (AvgIpc) is 2.81. The molecule has 4 aromatic rings. The topological polar surface area (TPSA) is 91.4 Å². The number of rotatable bonds is 4. The highest BCUT2D eigenvalue weighted by atomic mass is 35.5. The Kier molecular flexibility index (Phi) is 5.13. The molecule has 0 bridgehead atoms.